The van der Waals surface area contributed by atoms with Crippen LogP contribution < -0.4 is 0 Å². The summed E-state index contributed by atoms with van der Waals surface area (Å²) in [4.78, 5) is 17.4. The molecule has 0 heterocycles. The van der Waals surface area contributed by atoms with Crippen molar-refractivity contribution in [2.75, 3.05) is 0 Å². The zero-order chi connectivity index (χ0) is 17.2. The predicted molar refractivity (Wildman–Crippen MR) is 93.4 cm³/mol. The van der Waals surface area contributed by atoms with E-state index in [2.05, 4.69) is 11.2 Å². The first-order chi connectivity index (χ1) is 11.7. The molecule has 0 spiro atoms. The third-order valence-corrected chi connectivity index (χ3v) is 3.72. The average Bonchev–Trinajstić information content (AvgIpc) is 2.64. The highest BCUT2D eigenvalue weighted by atomic mass is 16.6. The lowest BCUT2D eigenvalue weighted by Gasteiger charge is -2.09. The van der Waals surface area contributed by atoms with Crippen LogP contribution in [0.5, 0.6) is 0 Å². The summed E-state index contributed by atoms with van der Waals surface area (Å²) in [7, 11) is 0. The highest BCUT2D eigenvalue weighted by Crippen LogP contribution is 2.13. The standard InChI is InChI=1S/C20H20N2O2/c1-16(12-13-20(23)18-10-6-3-7-11-18)19(14-21)22-24-15-17-8-4-2-5-9-17/h2-11,16H,12-13,15H2,1H3/b22-19+. The molecule has 2 aromatic rings. The first-order valence-corrected chi connectivity index (χ1v) is 7.93. The first-order valence-electron chi connectivity index (χ1n) is 7.93. The Bertz CT molecular complexity index is 718. The molecule has 0 amide bonds. The Balaban J connectivity index is 1.84. The largest absolute Gasteiger partial charge is 0.390 e. The number of hydrogen-bond acceptors (Lipinski definition) is 4. The Hall–Kier alpha value is -2.93. The van der Waals surface area contributed by atoms with E-state index >= 15 is 0 Å². The van der Waals surface area contributed by atoms with E-state index in [1.165, 1.54) is 0 Å². The molecule has 0 N–H and O–H groups in total. The van der Waals surface area contributed by atoms with Crippen LogP contribution in [0.25, 0.3) is 0 Å². The molecule has 1 unspecified atom stereocenters. The minimum Gasteiger partial charge on any atom is -0.390 e. The van der Waals surface area contributed by atoms with Gasteiger partial charge in [-0.3, -0.25) is 4.79 Å². The third kappa shape index (κ3) is 5.36. The Morgan fingerprint density at radius 3 is 2.38 bits per heavy atom. The summed E-state index contributed by atoms with van der Waals surface area (Å²) >= 11 is 0. The van der Waals surface area contributed by atoms with Gasteiger partial charge in [0.15, 0.2) is 11.5 Å². The molecule has 0 aliphatic carbocycles. The number of oxime groups is 1. The number of carbonyl (C=O) groups excluding carboxylic acids is 1. The molecular formula is C20H20N2O2. The minimum absolute atomic E-state index is 0.0740. The molecule has 2 rings (SSSR count). The summed E-state index contributed by atoms with van der Waals surface area (Å²) in [6.45, 7) is 2.20. The second kappa shape index (κ2) is 9.26. The lowest BCUT2D eigenvalue weighted by molar-refractivity contribution is 0.0976. The van der Waals surface area contributed by atoms with Gasteiger partial charge in [0.25, 0.3) is 0 Å². The maximum atomic E-state index is 12.1. The van der Waals surface area contributed by atoms with E-state index in [1.807, 2.05) is 55.5 Å². The van der Waals surface area contributed by atoms with E-state index in [9.17, 15) is 10.1 Å². The summed E-state index contributed by atoms with van der Waals surface area (Å²) in [6, 6.07) is 20.9. The number of benzene rings is 2. The normalized spacial score (nSPS) is 12.2. The molecule has 2 aromatic carbocycles. The number of ketones is 1. The van der Waals surface area contributed by atoms with E-state index in [1.54, 1.807) is 12.1 Å². The van der Waals surface area contributed by atoms with Crippen LogP contribution >= 0.6 is 0 Å². The quantitative estimate of drug-likeness (QED) is 0.412. The predicted octanol–water partition coefficient (Wildman–Crippen LogP) is 4.38. The smallest absolute Gasteiger partial charge is 0.162 e. The van der Waals surface area contributed by atoms with Crippen LogP contribution in [0.3, 0.4) is 0 Å². The molecule has 122 valence electrons. The Morgan fingerprint density at radius 1 is 1.12 bits per heavy atom. The topological polar surface area (TPSA) is 62.5 Å². The van der Waals surface area contributed by atoms with E-state index in [4.69, 9.17) is 4.84 Å². The fourth-order valence-electron chi connectivity index (χ4n) is 2.22. The van der Waals surface area contributed by atoms with Gasteiger partial charge in [0.05, 0.1) is 0 Å². The monoisotopic (exact) mass is 320 g/mol. The molecule has 0 saturated heterocycles. The van der Waals surface area contributed by atoms with E-state index in [-0.39, 0.29) is 11.7 Å². The Labute approximate surface area is 142 Å². The van der Waals surface area contributed by atoms with Crippen molar-refractivity contribution < 1.29 is 9.63 Å². The summed E-state index contributed by atoms with van der Waals surface area (Å²) < 4.78 is 0. The molecular weight excluding hydrogens is 300 g/mol. The van der Waals surface area contributed by atoms with Crippen LogP contribution in [0, 0.1) is 17.2 Å². The number of Topliss-reactive ketones (excluding diaryl/α,β-unsaturated/α-hetero) is 1. The molecule has 1 atom stereocenters. The van der Waals surface area contributed by atoms with Gasteiger partial charge in [0.2, 0.25) is 0 Å². The lowest BCUT2D eigenvalue weighted by atomic mass is 9.97. The zero-order valence-electron chi connectivity index (χ0n) is 13.7. The fourth-order valence-corrected chi connectivity index (χ4v) is 2.22. The molecule has 0 saturated carbocycles. The van der Waals surface area contributed by atoms with Crippen LogP contribution in [-0.4, -0.2) is 11.5 Å². The van der Waals surface area contributed by atoms with E-state index in [0.29, 0.717) is 30.7 Å². The fraction of sp³-hybridized carbons (Fsp3) is 0.250. The van der Waals surface area contributed by atoms with E-state index < -0.39 is 0 Å². The van der Waals surface area contributed by atoms with Gasteiger partial charge >= 0.3 is 0 Å². The first kappa shape index (κ1) is 17.4. The number of hydrogen-bond donors (Lipinski definition) is 0. The van der Waals surface area contributed by atoms with Crippen molar-refractivity contribution in [3.8, 4) is 6.07 Å². The molecule has 0 bridgehead atoms. The Morgan fingerprint density at radius 2 is 1.75 bits per heavy atom. The van der Waals surface area contributed by atoms with Crippen LogP contribution in [0.2, 0.25) is 0 Å². The van der Waals surface area contributed by atoms with Crippen molar-refractivity contribution in [2.45, 2.75) is 26.4 Å². The van der Waals surface area contributed by atoms with Gasteiger partial charge in [-0.1, -0.05) is 72.7 Å². The third-order valence-electron chi connectivity index (χ3n) is 3.72. The molecule has 0 radical (unpaired) electrons. The second-order valence-corrected chi connectivity index (χ2v) is 5.58. The summed E-state index contributed by atoms with van der Waals surface area (Å²) in [5.74, 6) is -0.0524. The molecule has 0 aliphatic heterocycles. The van der Waals surface area contributed by atoms with Gasteiger partial charge in [-0.15, -0.1) is 0 Å². The van der Waals surface area contributed by atoms with Gasteiger partial charge in [0.1, 0.15) is 12.7 Å². The highest BCUT2D eigenvalue weighted by Gasteiger charge is 2.14. The molecule has 0 aromatic heterocycles. The second-order valence-electron chi connectivity index (χ2n) is 5.58. The van der Waals surface area contributed by atoms with Gasteiger partial charge in [-0.2, -0.15) is 5.26 Å². The van der Waals surface area contributed by atoms with E-state index in [0.717, 1.165) is 5.56 Å². The minimum atomic E-state index is -0.126. The number of carbonyl (C=O) groups is 1. The van der Waals surface area contributed by atoms with Crippen molar-refractivity contribution in [1.82, 2.24) is 0 Å². The van der Waals surface area contributed by atoms with Crippen LogP contribution in [-0.2, 0) is 11.4 Å². The maximum Gasteiger partial charge on any atom is 0.162 e. The lowest BCUT2D eigenvalue weighted by Crippen LogP contribution is -2.12. The van der Waals surface area contributed by atoms with Crippen LogP contribution in [0.1, 0.15) is 35.7 Å². The molecule has 0 aliphatic rings. The highest BCUT2D eigenvalue weighted by molar-refractivity contribution is 6.00. The van der Waals surface area contributed by atoms with Crippen molar-refractivity contribution in [2.24, 2.45) is 11.1 Å². The van der Waals surface area contributed by atoms with Crippen LogP contribution in [0.15, 0.2) is 65.8 Å². The van der Waals surface area contributed by atoms with Crippen molar-refractivity contribution in [3.63, 3.8) is 0 Å². The van der Waals surface area contributed by atoms with Gasteiger partial charge in [0, 0.05) is 17.9 Å². The van der Waals surface area contributed by atoms with Crippen molar-refractivity contribution in [3.05, 3.63) is 71.8 Å². The number of nitriles is 1. The number of nitrogens with zero attached hydrogens (tertiary/aromatic N) is 2. The van der Waals surface area contributed by atoms with Crippen molar-refractivity contribution in [1.29, 1.82) is 5.26 Å². The number of rotatable bonds is 8. The van der Waals surface area contributed by atoms with Gasteiger partial charge in [-0.05, 0) is 12.0 Å². The zero-order valence-corrected chi connectivity index (χ0v) is 13.7. The van der Waals surface area contributed by atoms with Gasteiger partial charge < -0.3 is 4.84 Å². The molecule has 4 heteroatoms. The summed E-state index contributed by atoms with van der Waals surface area (Å²) in [5.41, 5.74) is 2.00. The molecule has 0 fully saturated rings. The maximum absolute atomic E-state index is 12.1. The molecule has 24 heavy (non-hydrogen) atoms. The average molecular weight is 320 g/mol. The Kier molecular flexibility index (Phi) is 6.73. The molecule has 4 nitrogen and oxygen atoms in total. The van der Waals surface area contributed by atoms with Crippen LogP contribution in [0.4, 0.5) is 0 Å². The SMILES string of the molecule is CC(CCC(=O)c1ccccc1)/C(C#N)=N/OCc1ccccc1. The van der Waals surface area contributed by atoms with Gasteiger partial charge in [-0.25, -0.2) is 0 Å². The summed E-state index contributed by atoms with van der Waals surface area (Å²) in [6.07, 6.45) is 0.944. The van der Waals surface area contributed by atoms with Crippen molar-refractivity contribution >= 4 is 11.5 Å². The summed E-state index contributed by atoms with van der Waals surface area (Å²) in [5, 5.41) is 13.2.